The Kier molecular flexibility index (Phi) is 4.16. The Morgan fingerprint density at radius 2 is 1.95 bits per heavy atom. The Labute approximate surface area is 116 Å². The van der Waals surface area contributed by atoms with Crippen LogP contribution in [0.4, 0.5) is 13.2 Å². The average molecular weight is 289 g/mol. The van der Waals surface area contributed by atoms with Crippen molar-refractivity contribution in [3.63, 3.8) is 0 Å². The van der Waals surface area contributed by atoms with Gasteiger partial charge < -0.3 is 5.32 Å². The van der Waals surface area contributed by atoms with E-state index in [4.69, 9.17) is 0 Å². The number of hydrogen-bond acceptors (Lipinski definition) is 2. The van der Waals surface area contributed by atoms with Crippen molar-refractivity contribution in [2.24, 2.45) is 0 Å². The van der Waals surface area contributed by atoms with Crippen LogP contribution in [0.2, 0.25) is 0 Å². The van der Waals surface area contributed by atoms with E-state index in [0.717, 1.165) is 25.5 Å². The third kappa shape index (κ3) is 3.45. The van der Waals surface area contributed by atoms with Gasteiger partial charge in [0, 0.05) is 17.3 Å². The lowest BCUT2D eigenvalue weighted by Crippen LogP contribution is -2.29. The molecule has 1 aromatic carbocycles. The molecule has 1 aromatic rings. The van der Waals surface area contributed by atoms with E-state index in [-0.39, 0.29) is 10.8 Å². The molecule has 1 fully saturated rings. The first-order valence-electron chi connectivity index (χ1n) is 6.33. The van der Waals surface area contributed by atoms with E-state index in [1.807, 2.05) is 0 Å². The monoisotopic (exact) mass is 289 g/mol. The van der Waals surface area contributed by atoms with E-state index in [1.54, 1.807) is 30.8 Å². The van der Waals surface area contributed by atoms with Gasteiger partial charge in [-0.15, -0.1) is 0 Å². The van der Waals surface area contributed by atoms with E-state index in [1.165, 1.54) is 6.07 Å². The summed E-state index contributed by atoms with van der Waals surface area (Å²) in [5.74, 6) is 0. The number of nitrogens with one attached hydrogen (secondary N) is 1. The molecular formula is C14H18F3NS. The Hall–Kier alpha value is -0.680. The molecule has 5 heteroatoms. The average Bonchev–Trinajstić information content (AvgIpc) is 3.16. The fraction of sp³-hybridized carbons (Fsp3) is 0.571. The molecule has 0 aromatic heterocycles. The van der Waals surface area contributed by atoms with Gasteiger partial charge in [-0.05, 0) is 37.7 Å². The topological polar surface area (TPSA) is 12.0 Å². The summed E-state index contributed by atoms with van der Waals surface area (Å²) in [5, 5.41) is 3.24. The summed E-state index contributed by atoms with van der Waals surface area (Å²) in [6, 6.07) is 5.50. The SMILES string of the molecule is CSC1(CNC(C)c2ccccc2C(F)(F)F)CC1. The molecule has 106 valence electrons. The van der Waals surface area contributed by atoms with Gasteiger partial charge in [0.1, 0.15) is 0 Å². The predicted octanol–water partition coefficient (Wildman–Crippen LogP) is 4.25. The van der Waals surface area contributed by atoms with Gasteiger partial charge in [0.2, 0.25) is 0 Å². The highest BCUT2D eigenvalue weighted by Crippen LogP contribution is 2.47. The van der Waals surface area contributed by atoms with Crippen molar-refractivity contribution < 1.29 is 13.2 Å². The molecule has 1 aliphatic carbocycles. The maximum absolute atomic E-state index is 12.9. The van der Waals surface area contributed by atoms with Gasteiger partial charge in [0.25, 0.3) is 0 Å². The minimum atomic E-state index is -4.29. The van der Waals surface area contributed by atoms with Gasteiger partial charge in [-0.2, -0.15) is 24.9 Å². The molecule has 1 unspecified atom stereocenters. The molecule has 0 saturated heterocycles. The summed E-state index contributed by atoms with van der Waals surface area (Å²) in [5.41, 5.74) is -0.212. The molecular weight excluding hydrogens is 271 g/mol. The number of thioether (sulfide) groups is 1. The van der Waals surface area contributed by atoms with Crippen LogP contribution < -0.4 is 5.32 Å². The lowest BCUT2D eigenvalue weighted by molar-refractivity contribution is -0.138. The fourth-order valence-electron chi connectivity index (χ4n) is 2.17. The number of rotatable bonds is 5. The van der Waals surface area contributed by atoms with Crippen LogP contribution in [0.1, 0.15) is 36.9 Å². The molecule has 1 aliphatic rings. The molecule has 1 N–H and O–H groups in total. The number of halogens is 3. The zero-order chi connectivity index (χ0) is 14.1. The van der Waals surface area contributed by atoms with Crippen molar-refractivity contribution in [3.05, 3.63) is 35.4 Å². The Balaban J connectivity index is 2.08. The molecule has 0 amide bonds. The molecule has 0 aliphatic heterocycles. The first-order valence-corrected chi connectivity index (χ1v) is 7.55. The van der Waals surface area contributed by atoms with E-state index < -0.39 is 11.7 Å². The number of hydrogen-bond donors (Lipinski definition) is 1. The summed E-state index contributed by atoms with van der Waals surface area (Å²) in [7, 11) is 0. The number of alkyl halides is 3. The second-order valence-electron chi connectivity index (χ2n) is 5.07. The zero-order valence-electron chi connectivity index (χ0n) is 11.1. The molecule has 1 nitrogen and oxygen atoms in total. The lowest BCUT2D eigenvalue weighted by atomic mass is 10.0. The van der Waals surface area contributed by atoms with Gasteiger partial charge in [0.15, 0.2) is 0 Å². The van der Waals surface area contributed by atoms with Crippen LogP contribution in [0, 0.1) is 0 Å². The summed E-state index contributed by atoms with van der Waals surface area (Å²) in [6.07, 6.45) is 0.0654. The number of benzene rings is 1. The second-order valence-corrected chi connectivity index (χ2v) is 6.35. The maximum Gasteiger partial charge on any atom is 0.416 e. The quantitative estimate of drug-likeness (QED) is 0.869. The summed E-state index contributed by atoms with van der Waals surface area (Å²) in [6.45, 7) is 2.56. The van der Waals surface area contributed by atoms with Gasteiger partial charge in [0.05, 0.1) is 5.56 Å². The van der Waals surface area contributed by atoms with E-state index in [0.29, 0.717) is 5.56 Å². The van der Waals surface area contributed by atoms with Crippen molar-refractivity contribution in [2.75, 3.05) is 12.8 Å². The van der Waals surface area contributed by atoms with Crippen LogP contribution in [0.25, 0.3) is 0 Å². The smallest absolute Gasteiger partial charge is 0.309 e. The normalized spacial score (nSPS) is 19.2. The fourth-order valence-corrected chi connectivity index (χ4v) is 2.91. The molecule has 0 radical (unpaired) electrons. The maximum atomic E-state index is 12.9. The molecule has 1 saturated carbocycles. The van der Waals surface area contributed by atoms with Crippen LogP contribution in [0.5, 0.6) is 0 Å². The molecule has 0 heterocycles. The lowest BCUT2D eigenvalue weighted by Gasteiger charge is -2.22. The Morgan fingerprint density at radius 3 is 2.47 bits per heavy atom. The van der Waals surface area contributed by atoms with Gasteiger partial charge in [-0.25, -0.2) is 0 Å². The van der Waals surface area contributed by atoms with E-state index in [2.05, 4.69) is 11.6 Å². The van der Waals surface area contributed by atoms with Crippen molar-refractivity contribution in [2.45, 2.75) is 36.7 Å². The zero-order valence-corrected chi connectivity index (χ0v) is 11.9. The highest BCUT2D eigenvalue weighted by Gasteiger charge is 2.42. The van der Waals surface area contributed by atoms with Crippen LogP contribution in [0.3, 0.4) is 0 Å². The van der Waals surface area contributed by atoms with Crippen molar-refractivity contribution in [3.8, 4) is 0 Å². The van der Waals surface area contributed by atoms with Gasteiger partial charge in [-0.3, -0.25) is 0 Å². The van der Waals surface area contributed by atoms with Crippen LogP contribution in [-0.4, -0.2) is 17.5 Å². The first kappa shape index (κ1) is 14.7. The van der Waals surface area contributed by atoms with Crippen molar-refractivity contribution >= 4 is 11.8 Å². The molecule has 0 spiro atoms. The van der Waals surface area contributed by atoms with E-state index >= 15 is 0 Å². The van der Waals surface area contributed by atoms with Gasteiger partial charge in [-0.1, -0.05) is 18.2 Å². The Bertz CT molecular complexity index is 441. The molecule has 2 rings (SSSR count). The first-order chi connectivity index (χ1) is 8.88. The van der Waals surface area contributed by atoms with Crippen molar-refractivity contribution in [1.82, 2.24) is 5.32 Å². The van der Waals surface area contributed by atoms with Crippen molar-refractivity contribution in [1.29, 1.82) is 0 Å². The molecule has 0 bridgehead atoms. The predicted molar refractivity (Wildman–Crippen MR) is 73.3 cm³/mol. The third-order valence-corrected chi connectivity index (χ3v) is 5.12. The summed E-state index contributed by atoms with van der Waals surface area (Å²) in [4.78, 5) is 0. The third-order valence-electron chi connectivity index (χ3n) is 3.70. The van der Waals surface area contributed by atoms with Gasteiger partial charge >= 0.3 is 6.18 Å². The minimum absolute atomic E-state index is 0.251. The minimum Gasteiger partial charge on any atom is -0.309 e. The second kappa shape index (κ2) is 5.37. The highest BCUT2D eigenvalue weighted by atomic mass is 32.2. The van der Waals surface area contributed by atoms with Crippen LogP contribution in [-0.2, 0) is 6.18 Å². The standard InChI is InChI=1S/C14H18F3NS/c1-10(18-9-13(19-2)7-8-13)11-5-3-4-6-12(11)14(15,16)17/h3-6,10,18H,7-9H2,1-2H3. The van der Waals surface area contributed by atoms with E-state index in [9.17, 15) is 13.2 Å². The summed E-state index contributed by atoms with van der Waals surface area (Å²) >= 11 is 1.80. The van der Waals surface area contributed by atoms with Crippen LogP contribution >= 0.6 is 11.8 Å². The Morgan fingerprint density at radius 1 is 1.32 bits per heavy atom. The molecule has 19 heavy (non-hydrogen) atoms. The summed E-state index contributed by atoms with van der Waals surface area (Å²) < 4.78 is 39.0. The van der Waals surface area contributed by atoms with Crippen LogP contribution in [0.15, 0.2) is 24.3 Å². The highest BCUT2D eigenvalue weighted by molar-refractivity contribution is 8.00. The molecule has 1 atom stereocenters. The largest absolute Gasteiger partial charge is 0.416 e.